The second-order valence-electron chi connectivity index (χ2n) is 6.24. The largest absolute Gasteiger partial charge is 0.464 e. The Labute approximate surface area is 176 Å². The smallest absolute Gasteiger partial charge is 0.341 e. The quantitative estimate of drug-likeness (QED) is 0.546. The van der Waals surface area contributed by atoms with Crippen molar-refractivity contribution in [2.24, 2.45) is 0 Å². The second kappa shape index (κ2) is 9.84. The average Bonchev–Trinajstić information content (AvgIpc) is 3.38. The number of nitrogens with zero attached hydrogens (tertiary/aromatic N) is 1. The Bertz CT molecular complexity index is 1020. The number of esters is 2. The Hall–Kier alpha value is -3.46. The molecule has 1 N–H and O–H groups in total. The lowest BCUT2D eigenvalue weighted by Gasteiger charge is -2.08. The first-order valence-electron chi connectivity index (χ1n) is 9.17. The fraction of sp³-hybridized carbons (Fsp3) is 0.238. The lowest BCUT2D eigenvalue weighted by molar-refractivity contribution is -0.146. The van der Waals surface area contributed by atoms with Gasteiger partial charge in [-0.05, 0) is 37.6 Å². The minimum atomic E-state index is -0.579. The molecule has 8 nitrogen and oxygen atoms in total. The van der Waals surface area contributed by atoms with Crippen molar-refractivity contribution in [3.8, 4) is 11.3 Å². The van der Waals surface area contributed by atoms with Crippen molar-refractivity contribution in [3.05, 3.63) is 58.9 Å². The number of furan rings is 1. The SMILES string of the molecule is CCOC(=O)c1c(-c2ccco2)csc1NC(=O)COC(=O)Cc1ccc(C)nc1. The zero-order chi connectivity index (χ0) is 21.5. The number of pyridine rings is 1. The molecule has 0 unspecified atom stereocenters. The third-order valence-electron chi connectivity index (χ3n) is 4.00. The van der Waals surface area contributed by atoms with E-state index in [9.17, 15) is 14.4 Å². The van der Waals surface area contributed by atoms with E-state index in [-0.39, 0.29) is 18.6 Å². The van der Waals surface area contributed by atoms with Gasteiger partial charge in [0.05, 0.1) is 19.3 Å². The molecule has 0 radical (unpaired) electrons. The summed E-state index contributed by atoms with van der Waals surface area (Å²) in [6.45, 7) is 3.25. The van der Waals surface area contributed by atoms with Gasteiger partial charge in [-0.15, -0.1) is 11.3 Å². The van der Waals surface area contributed by atoms with E-state index in [0.29, 0.717) is 21.9 Å². The van der Waals surface area contributed by atoms with Crippen molar-refractivity contribution in [1.29, 1.82) is 0 Å². The van der Waals surface area contributed by atoms with Crippen LogP contribution in [0.4, 0.5) is 5.00 Å². The van der Waals surface area contributed by atoms with Gasteiger partial charge in [0, 0.05) is 22.8 Å². The maximum Gasteiger partial charge on any atom is 0.341 e. The summed E-state index contributed by atoms with van der Waals surface area (Å²) in [5.41, 5.74) is 2.25. The van der Waals surface area contributed by atoms with Crippen LogP contribution in [0.25, 0.3) is 11.3 Å². The number of aromatic nitrogens is 1. The summed E-state index contributed by atoms with van der Waals surface area (Å²) in [7, 11) is 0. The van der Waals surface area contributed by atoms with Crippen LogP contribution in [0.3, 0.4) is 0 Å². The van der Waals surface area contributed by atoms with Gasteiger partial charge in [0.2, 0.25) is 0 Å². The molecule has 3 aromatic rings. The molecule has 0 saturated carbocycles. The second-order valence-corrected chi connectivity index (χ2v) is 7.12. The first-order valence-corrected chi connectivity index (χ1v) is 10.1. The topological polar surface area (TPSA) is 108 Å². The predicted molar refractivity (Wildman–Crippen MR) is 110 cm³/mol. The molecule has 0 aromatic carbocycles. The summed E-state index contributed by atoms with van der Waals surface area (Å²) in [5, 5.41) is 4.59. The van der Waals surface area contributed by atoms with Gasteiger partial charge >= 0.3 is 11.9 Å². The Balaban J connectivity index is 1.63. The van der Waals surface area contributed by atoms with Gasteiger partial charge in [-0.2, -0.15) is 0 Å². The van der Waals surface area contributed by atoms with E-state index in [2.05, 4.69) is 10.3 Å². The zero-order valence-corrected chi connectivity index (χ0v) is 17.3. The number of hydrogen-bond acceptors (Lipinski definition) is 8. The third-order valence-corrected chi connectivity index (χ3v) is 4.89. The Morgan fingerprint density at radius 2 is 2.03 bits per heavy atom. The molecule has 0 spiro atoms. The summed E-state index contributed by atoms with van der Waals surface area (Å²) < 4.78 is 15.5. The van der Waals surface area contributed by atoms with E-state index < -0.39 is 24.5 Å². The van der Waals surface area contributed by atoms with Crippen molar-refractivity contribution >= 4 is 34.2 Å². The monoisotopic (exact) mass is 428 g/mol. The highest BCUT2D eigenvalue weighted by Gasteiger charge is 2.24. The fourth-order valence-corrected chi connectivity index (χ4v) is 3.55. The highest BCUT2D eigenvalue weighted by atomic mass is 32.1. The summed E-state index contributed by atoms with van der Waals surface area (Å²) >= 11 is 1.15. The van der Waals surface area contributed by atoms with Crippen molar-refractivity contribution in [2.45, 2.75) is 20.3 Å². The first kappa shape index (κ1) is 21.3. The molecule has 3 rings (SSSR count). The van der Waals surface area contributed by atoms with Crippen LogP contribution in [0.2, 0.25) is 0 Å². The van der Waals surface area contributed by atoms with Gasteiger partial charge in [-0.25, -0.2) is 4.79 Å². The minimum Gasteiger partial charge on any atom is -0.464 e. The highest BCUT2D eigenvalue weighted by molar-refractivity contribution is 7.15. The van der Waals surface area contributed by atoms with Crippen LogP contribution >= 0.6 is 11.3 Å². The van der Waals surface area contributed by atoms with Gasteiger partial charge in [0.1, 0.15) is 16.3 Å². The molecule has 9 heteroatoms. The van der Waals surface area contributed by atoms with Crippen molar-refractivity contribution in [1.82, 2.24) is 4.98 Å². The van der Waals surface area contributed by atoms with Gasteiger partial charge in [-0.1, -0.05) is 6.07 Å². The van der Waals surface area contributed by atoms with Gasteiger partial charge in [-0.3, -0.25) is 14.6 Å². The predicted octanol–water partition coefficient (Wildman–Crippen LogP) is 3.61. The number of carbonyl (C=O) groups excluding carboxylic acids is 3. The molecule has 0 aliphatic carbocycles. The maximum atomic E-state index is 12.4. The maximum absolute atomic E-state index is 12.4. The van der Waals surface area contributed by atoms with Crippen LogP contribution in [-0.4, -0.2) is 36.0 Å². The number of rotatable bonds is 8. The highest BCUT2D eigenvalue weighted by Crippen LogP contribution is 2.36. The van der Waals surface area contributed by atoms with E-state index in [4.69, 9.17) is 13.9 Å². The normalized spacial score (nSPS) is 10.5. The standard InChI is InChI=1S/C21H20N2O6S/c1-3-27-21(26)19-15(16-5-4-8-28-16)12-30-20(19)23-17(24)11-29-18(25)9-14-7-6-13(2)22-10-14/h4-8,10,12H,3,9,11H2,1-2H3,(H,23,24). The Morgan fingerprint density at radius 1 is 1.20 bits per heavy atom. The number of ether oxygens (including phenoxy) is 2. The summed E-state index contributed by atoms with van der Waals surface area (Å²) in [5.74, 6) is -1.22. The van der Waals surface area contributed by atoms with Crippen molar-refractivity contribution in [3.63, 3.8) is 0 Å². The van der Waals surface area contributed by atoms with Crippen molar-refractivity contribution in [2.75, 3.05) is 18.5 Å². The number of carbonyl (C=O) groups is 3. The molecule has 1 amide bonds. The Kier molecular flexibility index (Phi) is 6.97. The number of aryl methyl sites for hydroxylation is 1. The molecule has 3 aromatic heterocycles. The number of thiophene rings is 1. The van der Waals surface area contributed by atoms with Crippen LogP contribution < -0.4 is 5.32 Å². The molecule has 0 aliphatic rings. The molecule has 0 atom stereocenters. The van der Waals surface area contributed by atoms with E-state index >= 15 is 0 Å². The Morgan fingerprint density at radius 3 is 2.70 bits per heavy atom. The molecule has 156 valence electrons. The zero-order valence-electron chi connectivity index (χ0n) is 16.5. The minimum absolute atomic E-state index is 0.0102. The number of amides is 1. The van der Waals surface area contributed by atoms with Crippen LogP contribution in [0, 0.1) is 6.92 Å². The van der Waals surface area contributed by atoms with Crippen LogP contribution in [0.1, 0.15) is 28.5 Å². The molecule has 0 aliphatic heterocycles. The van der Waals surface area contributed by atoms with Crippen LogP contribution in [-0.2, 0) is 25.5 Å². The number of anilines is 1. The number of nitrogens with one attached hydrogen (secondary N) is 1. The van der Waals surface area contributed by atoms with E-state index in [0.717, 1.165) is 17.0 Å². The molecule has 0 bridgehead atoms. The number of hydrogen-bond donors (Lipinski definition) is 1. The first-order chi connectivity index (χ1) is 14.5. The molecule has 0 saturated heterocycles. The molecule has 3 heterocycles. The average molecular weight is 428 g/mol. The van der Waals surface area contributed by atoms with E-state index in [1.165, 1.54) is 6.26 Å². The van der Waals surface area contributed by atoms with Crippen molar-refractivity contribution < 1.29 is 28.3 Å². The molecular weight excluding hydrogens is 408 g/mol. The molecular formula is C21H20N2O6S. The van der Waals surface area contributed by atoms with Crippen LogP contribution in [0.15, 0.2) is 46.5 Å². The third kappa shape index (κ3) is 5.32. The lowest BCUT2D eigenvalue weighted by atomic mass is 10.1. The lowest BCUT2D eigenvalue weighted by Crippen LogP contribution is -2.22. The van der Waals surface area contributed by atoms with Gasteiger partial charge in [0.25, 0.3) is 5.91 Å². The summed E-state index contributed by atoms with van der Waals surface area (Å²) in [6.07, 6.45) is 3.09. The molecule has 30 heavy (non-hydrogen) atoms. The fourth-order valence-electron chi connectivity index (χ4n) is 2.60. The van der Waals surface area contributed by atoms with Crippen LogP contribution in [0.5, 0.6) is 0 Å². The van der Waals surface area contributed by atoms with Gasteiger partial charge in [0.15, 0.2) is 6.61 Å². The van der Waals surface area contributed by atoms with Gasteiger partial charge < -0.3 is 19.2 Å². The summed E-state index contributed by atoms with van der Waals surface area (Å²) in [6, 6.07) is 6.97. The summed E-state index contributed by atoms with van der Waals surface area (Å²) in [4.78, 5) is 40.8. The van der Waals surface area contributed by atoms with E-state index in [1.807, 2.05) is 6.92 Å². The van der Waals surface area contributed by atoms with E-state index in [1.54, 1.807) is 42.8 Å². The molecule has 0 fully saturated rings.